The Morgan fingerprint density at radius 1 is 0.514 bits per heavy atom. The highest BCUT2D eigenvalue weighted by Crippen LogP contribution is 2.46. The highest BCUT2D eigenvalue weighted by molar-refractivity contribution is 6.98. The summed E-state index contributed by atoms with van der Waals surface area (Å²) in [6.45, 7) is 0.228. The van der Waals surface area contributed by atoms with Gasteiger partial charge in [-0.2, -0.15) is 0 Å². The van der Waals surface area contributed by atoms with Gasteiger partial charge in [-0.3, -0.25) is 0 Å². The summed E-state index contributed by atoms with van der Waals surface area (Å²) in [5.74, 6) is 0. The molecular weight excluding hydrogens is 423 g/mol. The largest absolute Gasteiger partial charge is 0.377 e. The monoisotopic (exact) mass is 450 g/mol. The van der Waals surface area contributed by atoms with Gasteiger partial charge in [-0.15, -0.1) is 0 Å². The third-order valence-electron chi connectivity index (χ3n) is 7.84. The highest BCUT2D eigenvalue weighted by atomic mass is 15.1. The fourth-order valence-corrected chi connectivity index (χ4v) is 6.35. The lowest BCUT2D eigenvalue weighted by molar-refractivity contribution is 1.12. The fourth-order valence-electron chi connectivity index (χ4n) is 6.35. The van der Waals surface area contributed by atoms with Gasteiger partial charge in [-0.1, -0.05) is 95.3 Å². The maximum absolute atomic E-state index is 2.46. The minimum Gasteiger partial charge on any atom is -0.377 e. The average molecular weight is 450 g/mol. The third kappa shape index (κ3) is 2.73. The van der Waals surface area contributed by atoms with Crippen molar-refractivity contribution in [2.75, 3.05) is 38.0 Å². The molecule has 1 aliphatic heterocycles. The number of fused-ring (bicyclic) bond motifs is 2. The van der Waals surface area contributed by atoms with E-state index in [0.717, 1.165) is 0 Å². The van der Waals surface area contributed by atoms with Crippen molar-refractivity contribution in [2.45, 2.75) is 0 Å². The molecule has 0 aliphatic carbocycles. The van der Waals surface area contributed by atoms with Crippen LogP contribution >= 0.6 is 0 Å². The molecule has 1 heterocycles. The van der Waals surface area contributed by atoms with Crippen molar-refractivity contribution in [3.05, 3.63) is 91.0 Å². The standard InChI is InChI=1S/C32H27BN2/c1-34(2)28-19-29(35(3)4)25-18-24-22-12-8-9-13-26(22)33(21-10-6-5-7-11-21)27-17-15-20-14-16-23(28)31(25)30(20)32(24)27/h5-19H,1-4H3. The van der Waals surface area contributed by atoms with Gasteiger partial charge in [0.05, 0.1) is 0 Å². The molecule has 0 bridgehead atoms. The van der Waals surface area contributed by atoms with Gasteiger partial charge >= 0.3 is 0 Å². The molecule has 0 N–H and O–H groups in total. The predicted molar refractivity (Wildman–Crippen MR) is 155 cm³/mol. The smallest absolute Gasteiger partial charge is 0.242 e. The van der Waals surface area contributed by atoms with Crippen molar-refractivity contribution in [3.8, 4) is 11.1 Å². The van der Waals surface area contributed by atoms with Gasteiger partial charge in [0.25, 0.3) is 0 Å². The fraction of sp³-hybridized carbons (Fsp3) is 0.125. The first-order valence-electron chi connectivity index (χ1n) is 12.3. The van der Waals surface area contributed by atoms with E-state index in [1.807, 2.05) is 0 Å². The van der Waals surface area contributed by atoms with E-state index in [0.29, 0.717) is 0 Å². The highest BCUT2D eigenvalue weighted by Gasteiger charge is 2.33. The van der Waals surface area contributed by atoms with Crippen molar-refractivity contribution < 1.29 is 0 Å². The number of anilines is 2. The van der Waals surface area contributed by atoms with Crippen LogP contribution in [-0.4, -0.2) is 34.9 Å². The molecule has 1 aliphatic rings. The van der Waals surface area contributed by atoms with Gasteiger partial charge in [-0.05, 0) is 39.4 Å². The van der Waals surface area contributed by atoms with Gasteiger partial charge in [-0.25, -0.2) is 0 Å². The van der Waals surface area contributed by atoms with Crippen LogP contribution in [0.3, 0.4) is 0 Å². The summed E-state index contributed by atoms with van der Waals surface area (Å²) in [5.41, 5.74) is 9.39. The maximum atomic E-state index is 2.46. The third-order valence-corrected chi connectivity index (χ3v) is 7.84. The molecule has 0 saturated heterocycles. The zero-order valence-electron chi connectivity index (χ0n) is 20.6. The van der Waals surface area contributed by atoms with Crippen molar-refractivity contribution in [1.82, 2.24) is 0 Å². The predicted octanol–water partition coefficient (Wildman–Crippen LogP) is 5.21. The minimum atomic E-state index is 0.228. The summed E-state index contributed by atoms with van der Waals surface area (Å²) in [5, 5.41) is 8.15. The van der Waals surface area contributed by atoms with Gasteiger partial charge in [0.1, 0.15) is 0 Å². The molecule has 0 aromatic heterocycles. The molecule has 0 fully saturated rings. The number of hydrogen-bond donors (Lipinski definition) is 0. The molecule has 168 valence electrons. The normalized spacial score (nSPS) is 12.5. The van der Waals surface area contributed by atoms with Crippen LogP contribution in [0, 0.1) is 0 Å². The first kappa shape index (κ1) is 20.4. The lowest BCUT2D eigenvalue weighted by Gasteiger charge is -2.30. The first-order chi connectivity index (χ1) is 17.0. The van der Waals surface area contributed by atoms with Gasteiger partial charge in [0.2, 0.25) is 6.71 Å². The molecule has 0 unspecified atom stereocenters. The van der Waals surface area contributed by atoms with Crippen molar-refractivity contribution in [1.29, 1.82) is 0 Å². The van der Waals surface area contributed by atoms with Crippen LogP contribution in [-0.2, 0) is 0 Å². The lowest BCUT2D eigenvalue weighted by atomic mass is 9.33. The van der Waals surface area contributed by atoms with Crippen molar-refractivity contribution in [3.63, 3.8) is 0 Å². The van der Waals surface area contributed by atoms with E-state index in [1.54, 1.807) is 0 Å². The van der Waals surface area contributed by atoms with Crippen LogP contribution in [0.4, 0.5) is 11.4 Å². The molecule has 0 spiro atoms. The Kier molecular flexibility index (Phi) is 4.23. The molecule has 6 aromatic carbocycles. The van der Waals surface area contributed by atoms with E-state index in [4.69, 9.17) is 0 Å². The second kappa shape index (κ2) is 7.26. The van der Waals surface area contributed by atoms with Crippen LogP contribution in [0.15, 0.2) is 91.0 Å². The maximum Gasteiger partial charge on any atom is 0.242 e. The van der Waals surface area contributed by atoms with Crippen molar-refractivity contribution >= 4 is 66.8 Å². The molecule has 7 rings (SSSR count). The molecule has 3 heteroatoms. The summed E-state index contributed by atoms with van der Waals surface area (Å²) in [7, 11) is 8.60. The molecule has 6 aromatic rings. The number of hydrogen-bond acceptors (Lipinski definition) is 2. The molecule has 0 saturated carbocycles. The van der Waals surface area contributed by atoms with Gasteiger partial charge < -0.3 is 9.80 Å². The topological polar surface area (TPSA) is 6.48 Å². The molecular formula is C32H27BN2. The SMILES string of the molecule is CN(C)c1cc(N(C)C)c2cc3c4c(ccc5ccc1c2c54)B(c1ccccc1)c1ccccc1-3. The van der Waals surface area contributed by atoms with Crippen LogP contribution in [0.1, 0.15) is 0 Å². The van der Waals surface area contributed by atoms with E-state index in [2.05, 4.69) is 129 Å². The first-order valence-corrected chi connectivity index (χ1v) is 12.3. The Morgan fingerprint density at radius 3 is 1.97 bits per heavy atom. The van der Waals surface area contributed by atoms with E-state index >= 15 is 0 Å². The quantitative estimate of drug-likeness (QED) is 0.269. The summed E-state index contributed by atoms with van der Waals surface area (Å²) in [6, 6.07) is 34.1. The molecule has 2 nitrogen and oxygen atoms in total. The van der Waals surface area contributed by atoms with Crippen LogP contribution in [0.5, 0.6) is 0 Å². The Labute approximate surface area is 206 Å². The van der Waals surface area contributed by atoms with E-state index < -0.39 is 0 Å². The van der Waals surface area contributed by atoms with Crippen molar-refractivity contribution in [2.24, 2.45) is 0 Å². The molecule has 35 heavy (non-hydrogen) atoms. The Hall–Kier alpha value is -3.98. The van der Waals surface area contributed by atoms with Crippen LogP contribution in [0.2, 0.25) is 0 Å². The van der Waals surface area contributed by atoms with E-state index in [1.165, 1.54) is 71.2 Å². The number of nitrogens with zero attached hydrogens (tertiary/aromatic N) is 2. The Morgan fingerprint density at radius 2 is 1.20 bits per heavy atom. The zero-order valence-corrected chi connectivity index (χ0v) is 20.6. The molecule has 0 atom stereocenters. The second-order valence-corrected chi connectivity index (χ2v) is 10.2. The van der Waals surface area contributed by atoms with Gasteiger partial charge in [0, 0.05) is 55.7 Å². The Bertz CT molecular complexity index is 1750. The minimum absolute atomic E-state index is 0.228. The van der Waals surface area contributed by atoms with Crippen LogP contribution < -0.4 is 26.2 Å². The van der Waals surface area contributed by atoms with Gasteiger partial charge in [0.15, 0.2) is 0 Å². The van der Waals surface area contributed by atoms with E-state index in [9.17, 15) is 0 Å². The zero-order chi connectivity index (χ0) is 23.8. The molecule has 0 amide bonds. The Balaban J connectivity index is 1.73. The number of benzene rings is 6. The summed E-state index contributed by atoms with van der Waals surface area (Å²) >= 11 is 0. The summed E-state index contributed by atoms with van der Waals surface area (Å²) in [6.07, 6.45) is 0. The number of rotatable bonds is 3. The van der Waals surface area contributed by atoms with E-state index in [-0.39, 0.29) is 6.71 Å². The summed E-state index contributed by atoms with van der Waals surface area (Å²) < 4.78 is 0. The molecule has 0 radical (unpaired) electrons. The second-order valence-electron chi connectivity index (χ2n) is 10.2. The average Bonchev–Trinajstić information content (AvgIpc) is 2.88. The van der Waals surface area contributed by atoms with Crippen LogP contribution in [0.25, 0.3) is 43.4 Å². The summed E-state index contributed by atoms with van der Waals surface area (Å²) in [4.78, 5) is 4.50. The lowest BCUT2D eigenvalue weighted by Crippen LogP contribution is -2.54.